The number of aromatic nitrogens is 1. The average molecular weight is 303 g/mol. The second-order valence-corrected chi connectivity index (χ2v) is 6.11. The van der Waals surface area contributed by atoms with E-state index in [0.29, 0.717) is 11.3 Å². The van der Waals surface area contributed by atoms with Gasteiger partial charge in [0.25, 0.3) is 0 Å². The zero-order valence-corrected chi connectivity index (χ0v) is 11.7. The van der Waals surface area contributed by atoms with Gasteiger partial charge in [-0.05, 0) is 52.7 Å². The first-order valence-corrected chi connectivity index (χ1v) is 7.22. The Kier molecular flexibility index (Phi) is 4.66. The lowest BCUT2D eigenvalue weighted by Gasteiger charge is -2.19. The summed E-state index contributed by atoms with van der Waals surface area (Å²) in [6.07, 6.45) is 11.3. The molecule has 0 aliphatic heterocycles. The fourth-order valence-electron chi connectivity index (χ4n) is 2.44. The molecule has 2 unspecified atom stereocenters. The van der Waals surface area contributed by atoms with Crippen LogP contribution in [0.4, 0.5) is 0 Å². The molecule has 0 N–H and O–H groups in total. The van der Waals surface area contributed by atoms with Gasteiger partial charge in [-0.1, -0.05) is 19.3 Å². The van der Waals surface area contributed by atoms with Gasteiger partial charge in [0, 0.05) is 22.2 Å². The van der Waals surface area contributed by atoms with Gasteiger partial charge >= 0.3 is 0 Å². The Morgan fingerprint density at radius 2 is 2.06 bits per heavy atom. The molecule has 0 spiro atoms. The highest BCUT2D eigenvalue weighted by molar-refractivity contribution is 9.10. The molecule has 0 aromatic carbocycles. The highest BCUT2D eigenvalue weighted by Crippen LogP contribution is 2.30. The topological polar surface area (TPSA) is 12.9 Å². The summed E-state index contributed by atoms with van der Waals surface area (Å²) in [6.45, 7) is 0. The second-order valence-electron chi connectivity index (χ2n) is 4.63. The lowest BCUT2D eigenvalue weighted by Crippen LogP contribution is -2.16. The Morgan fingerprint density at radius 1 is 1.25 bits per heavy atom. The summed E-state index contributed by atoms with van der Waals surface area (Å²) in [5.41, 5.74) is 1.30. The summed E-state index contributed by atoms with van der Waals surface area (Å²) in [4.78, 5) is 4.21. The van der Waals surface area contributed by atoms with E-state index in [1.54, 1.807) is 0 Å². The molecule has 1 aliphatic rings. The first-order chi connectivity index (χ1) is 7.75. The number of pyridine rings is 1. The molecule has 0 amide bonds. The molecular weight excluding hydrogens is 286 g/mol. The summed E-state index contributed by atoms with van der Waals surface area (Å²) in [5, 5.41) is 0.349. The number of hydrogen-bond acceptors (Lipinski definition) is 1. The van der Waals surface area contributed by atoms with Gasteiger partial charge in [0.2, 0.25) is 0 Å². The molecule has 16 heavy (non-hydrogen) atoms. The molecule has 0 saturated heterocycles. The van der Waals surface area contributed by atoms with Crippen LogP contribution >= 0.6 is 27.5 Å². The highest BCUT2D eigenvalue weighted by Gasteiger charge is 2.21. The first-order valence-electron chi connectivity index (χ1n) is 5.99. The van der Waals surface area contributed by atoms with E-state index < -0.39 is 0 Å². The van der Waals surface area contributed by atoms with Gasteiger partial charge in [0.1, 0.15) is 0 Å². The van der Waals surface area contributed by atoms with Gasteiger partial charge in [-0.2, -0.15) is 0 Å². The van der Waals surface area contributed by atoms with E-state index in [1.807, 2.05) is 12.4 Å². The van der Waals surface area contributed by atoms with E-state index in [4.69, 9.17) is 11.6 Å². The molecule has 2 atom stereocenters. The van der Waals surface area contributed by atoms with Crippen molar-refractivity contribution >= 4 is 27.5 Å². The predicted octanol–water partition coefficient (Wildman–Crippen LogP) is 4.57. The van der Waals surface area contributed by atoms with Crippen molar-refractivity contribution in [2.24, 2.45) is 5.92 Å². The minimum absolute atomic E-state index is 0.349. The Hall–Kier alpha value is -0.0800. The summed E-state index contributed by atoms with van der Waals surface area (Å²) < 4.78 is 1.06. The average Bonchev–Trinajstić information content (AvgIpc) is 2.45. The number of alkyl halides is 1. The number of nitrogens with zero attached hydrogens (tertiary/aromatic N) is 1. The van der Waals surface area contributed by atoms with Gasteiger partial charge in [-0.3, -0.25) is 4.98 Å². The van der Waals surface area contributed by atoms with Gasteiger partial charge < -0.3 is 0 Å². The summed E-state index contributed by atoms with van der Waals surface area (Å²) in [7, 11) is 0. The molecule has 88 valence electrons. The standard InChI is InChI=1S/C13H17BrClN/c14-12-7-10(8-16-9-12)6-11-4-2-1-3-5-13(11)15/h7-9,11,13H,1-6H2. The van der Waals surface area contributed by atoms with E-state index in [-0.39, 0.29) is 0 Å². The molecule has 1 aromatic rings. The van der Waals surface area contributed by atoms with Crippen LogP contribution in [0.1, 0.15) is 37.7 Å². The third kappa shape index (κ3) is 3.46. The van der Waals surface area contributed by atoms with E-state index in [9.17, 15) is 0 Å². The van der Waals surface area contributed by atoms with Gasteiger partial charge in [-0.15, -0.1) is 11.6 Å². The Bertz CT molecular complexity index is 342. The molecule has 1 aromatic heterocycles. The molecule has 1 nitrogen and oxygen atoms in total. The minimum atomic E-state index is 0.349. The van der Waals surface area contributed by atoms with Crippen molar-refractivity contribution < 1.29 is 0 Å². The van der Waals surface area contributed by atoms with Crippen LogP contribution in [0.3, 0.4) is 0 Å². The molecule has 1 fully saturated rings. The number of hydrogen-bond donors (Lipinski definition) is 0. The minimum Gasteiger partial charge on any atom is -0.263 e. The maximum Gasteiger partial charge on any atom is 0.0410 e. The van der Waals surface area contributed by atoms with E-state index in [0.717, 1.165) is 10.9 Å². The van der Waals surface area contributed by atoms with Crippen LogP contribution in [-0.2, 0) is 6.42 Å². The maximum atomic E-state index is 6.44. The molecule has 3 heteroatoms. The molecule has 1 heterocycles. The van der Waals surface area contributed by atoms with Crippen LogP contribution in [0.25, 0.3) is 0 Å². The molecule has 1 aliphatic carbocycles. The quantitative estimate of drug-likeness (QED) is 0.576. The Balaban J connectivity index is 2.02. The fraction of sp³-hybridized carbons (Fsp3) is 0.615. The molecule has 0 bridgehead atoms. The van der Waals surface area contributed by atoms with Crippen molar-refractivity contribution in [1.29, 1.82) is 0 Å². The van der Waals surface area contributed by atoms with Crippen molar-refractivity contribution in [2.45, 2.75) is 43.9 Å². The zero-order chi connectivity index (χ0) is 11.4. The second kappa shape index (κ2) is 6.02. The zero-order valence-electron chi connectivity index (χ0n) is 9.33. The van der Waals surface area contributed by atoms with Crippen LogP contribution < -0.4 is 0 Å². The van der Waals surface area contributed by atoms with Crippen LogP contribution in [-0.4, -0.2) is 10.4 Å². The maximum absolute atomic E-state index is 6.44. The van der Waals surface area contributed by atoms with E-state index >= 15 is 0 Å². The SMILES string of the molecule is ClC1CCCCCC1Cc1cncc(Br)c1. The highest BCUT2D eigenvalue weighted by atomic mass is 79.9. The fourth-order valence-corrected chi connectivity index (χ4v) is 3.22. The summed E-state index contributed by atoms with van der Waals surface area (Å²) >= 11 is 9.91. The van der Waals surface area contributed by atoms with E-state index in [2.05, 4.69) is 27.0 Å². The van der Waals surface area contributed by atoms with Crippen LogP contribution in [0.5, 0.6) is 0 Å². The lowest BCUT2D eigenvalue weighted by molar-refractivity contribution is 0.464. The molecule has 1 saturated carbocycles. The van der Waals surface area contributed by atoms with Crippen molar-refractivity contribution in [3.8, 4) is 0 Å². The van der Waals surface area contributed by atoms with Crippen LogP contribution in [0.15, 0.2) is 22.9 Å². The van der Waals surface area contributed by atoms with Gasteiger partial charge in [0.15, 0.2) is 0 Å². The van der Waals surface area contributed by atoms with Crippen LogP contribution in [0.2, 0.25) is 0 Å². The smallest absolute Gasteiger partial charge is 0.0410 e. The van der Waals surface area contributed by atoms with Gasteiger partial charge in [-0.25, -0.2) is 0 Å². The van der Waals surface area contributed by atoms with Crippen LogP contribution in [0, 0.1) is 5.92 Å². The van der Waals surface area contributed by atoms with Gasteiger partial charge in [0.05, 0.1) is 0 Å². The Labute approximate surface area is 111 Å². The molecular formula is C13H17BrClN. The Morgan fingerprint density at radius 3 is 2.88 bits per heavy atom. The van der Waals surface area contributed by atoms with Crippen molar-refractivity contribution in [1.82, 2.24) is 4.98 Å². The summed E-state index contributed by atoms with van der Waals surface area (Å²) in [6, 6.07) is 2.15. The normalized spacial score (nSPS) is 26.4. The largest absolute Gasteiger partial charge is 0.263 e. The van der Waals surface area contributed by atoms with Crippen molar-refractivity contribution in [2.75, 3.05) is 0 Å². The van der Waals surface area contributed by atoms with Crippen molar-refractivity contribution in [3.05, 3.63) is 28.5 Å². The number of rotatable bonds is 2. The predicted molar refractivity (Wildman–Crippen MR) is 71.9 cm³/mol. The molecule has 0 radical (unpaired) electrons. The third-order valence-corrected chi connectivity index (χ3v) is 4.33. The monoisotopic (exact) mass is 301 g/mol. The molecule has 2 rings (SSSR count). The van der Waals surface area contributed by atoms with Crippen molar-refractivity contribution in [3.63, 3.8) is 0 Å². The summed E-state index contributed by atoms with van der Waals surface area (Å²) in [5.74, 6) is 0.625. The lowest BCUT2D eigenvalue weighted by atomic mass is 9.93. The first kappa shape index (κ1) is 12.4. The third-order valence-electron chi connectivity index (χ3n) is 3.33. The number of halogens is 2. The van der Waals surface area contributed by atoms with E-state index in [1.165, 1.54) is 37.7 Å².